The molecule has 6 nitrogen and oxygen atoms in total. The highest BCUT2D eigenvalue weighted by atomic mass is 32.1. The second-order valence-corrected chi connectivity index (χ2v) is 6.02. The normalized spacial score (nSPS) is 18.4. The topological polar surface area (TPSA) is 68.5 Å². The zero-order valence-electron chi connectivity index (χ0n) is 12.0. The number of amides is 1. The molecule has 3 heterocycles. The van der Waals surface area contributed by atoms with Crippen LogP contribution in [-0.2, 0) is 11.3 Å². The van der Waals surface area contributed by atoms with Crippen LogP contribution in [0.25, 0.3) is 0 Å². The van der Waals surface area contributed by atoms with Gasteiger partial charge in [0.05, 0.1) is 12.6 Å². The van der Waals surface area contributed by atoms with Crippen molar-refractivity contribution < 1.29 is 14.1 Å². The van der Waals surface area contributed by atoms with Gasteiger partial charge in [-0.1, -0.05) is 5.16 Å². The van der Waals surface area contributed by atoms with Crippen molar-refractivity contribution in [1.29, 1.82) is 0 Å². The average Bonchev–Trinajstić information content (AvgIpc) is 3.17. The average molecular weight is 307 g/mol. The summed E-state index contributed by atoms with van der Waals surface area (Å²) in [4.78, 5) is 18.8. The SMILES string of the molecule is COCc1nc(C(=O)N2CCC[C@H]2c2cc(C)on2)cs1. The summed E-state index contributed by atoms with van der Waals surface area (Å²) in [5.41, 5.74) is 1.31. The van der Waals surface area contributed by atoms with E-state index in [0.717, 1.165) is 35.8 Å². The van der Waals surface area contributed by atoms with Gasteiger partial charge in [-0.2, -0.15) is 0 Å². The van der Waals surface area contributed by atoms with E-state index in [4.69, 9.17) is 9.26 Å². The van der Waals surface area contributed by atoms with E-state index in [1.54, 1.807) is 12.5 Å². The molecule has 1 aliphatic heterocycles. The van der Waals surface area contributed by atoms with Crippen LogP contribution in [-0.4, -0.2) is 34.6 Å². The summed E-state index contributed by atoms with van der Waals surface area (Å²) in [6.07, 6.45) is 1.88. The van der Waals surface area contributed by atoms with Crippen LogP contribution < -0.4 is 0 Å². The minimum absolute atomic E-state index is 0.0116. The summed E-state index contributed by atoms with van der Waals surface area (Å²) in [7, 11) is 1.62. The molecule has 0 radical (unpaired) electrons. The number of carbonyl (C=O) groups is 1. The molecule has 0 spiro atoms. The van der Waals surface area contributed by atoms with Crippen LogP contribution in [0.2, 0.25) is 0 Å². The lowest BCUT2D eigenvalue weighted by molar-refractivity contribution is 0.0725. The summed E-state index contributed by atoms with van der Waals surface area (Å²) in [6.45, 7) is 3.02. The van der Waals surface area contributed by atoms with Crippen molar-refractivity contribution in [3.8, 4) is 0 Å². The monoisotopic (exact) mass is 307 g/mol. The van der Waals surface area contributed by atoms with Crippen molar-refractivity contribution in [2.45, 2.75) is 32.4 Å². The Labute approximate surface area is 126 Å². The second kappa shape index (κ2) is 5.95. The fourth-order valence-electron chi connectivity index (χ4n) is 2.61. The third-order valence-electron chi connectivity index (χ3n) is 3.54. The third-order valence-corrected chi connectivity index (χ3v) is 4.36. The molecule has 2 aromatic rings. The molecular weight excluding hydrogens is 290 g/mol. The molecule has 3 rings (SSSR count). The largest absolute Gasteiger partial charge is 0.378 e. The molecule has 1 atom stereocenters. The lowest BCUT2D eigenvalue weighted by Gasteiger charge is -2.21. The van der Waals surface area contributed by atoms with Crippen LogP contribution in [0.4, 0.5) is 0 Å². The number of hydrogen-bond acceptors (Lipinski definition) is 6. The van der Waals surface area contributed by atoms with E-state index >= 15 is 0 Å². The maximum atomic E-state index is 12.6. The van der Waals surface area contributed by atoms with Gasteiger partial charge in [0, 0.05) is 25.1 Å². The van der Waals surface area contributed by atoms with Crippen LogP contribution in [0.15, 0.2) is 16.0 Å². The molecule has 7 heteroatoms. The van der Waals surface area contributed by atoms with Crippen LogP contribution >= 0.6 is 11.3 Å². The number of rotatable bonds is 4. The Hall–Kier alpha value is -1.73. The first-order chi connectivity index (χ1) is 10.2. The zero-order valence-corrected chi connectivity index (χ0v) is 12.9. The molecule has 0 aliphatic carbocycles. The number of aromatic nitrogens is 2. The van der Waals surface area contributed by atoms with E-state index in [1.807, 2.05) is 17.9 Å². The summed E-state index contributed by atoms with van der Waals surface area (Å²) in [5, 5.41) is 6.66. The Balaban J connectivity index is 1.79. The van der Waals surface area contributed by atoms with Crippen LogP contribution in [0.3, 0.4) is 0 Å². The highest BCUT2D eigenvalue weighted by Gasteiger charge is 2.33. The predicted molar refractivity (Wildman–Crippen MR) is 77.1 cm³/mol. The summed E-state index contributed by atoms with van der Waals surface area (Å²) >= 11 is 1.44. The molecule has 1 aliphatic rings. The number of ether oxygens (including phenoxy) is 1. The fourth-order valence-corrected chi connectivity index (χ4v) is 3.34. The van der Waals surface area contributed by atoms with Gasteiger partial charge in [-0.3, -0.25) is 4.79 Å². The Morgan fingerprint density at radius 2 is 2.48 bits per heavy atom. The smallest absolute Gasteiger partial charge is 0.273 e. The van der Waals surface area contributed by atoms with E-state index in [2.05, 4.69) is 10.1 Å². The summed E-state index contributed by atoms with van der Waals surface area (Å²) in [6, 6.07) is 1.88. The van der Waals surface area contributed by atoms with Gasteiger partial charge in [0.25, 0.3) is 5.91 Å². The van der Waals surface area contributed by atoms with Gasteiger partial charge >= 0.3 is 0 Å². The lowest BCUT2D eigenvalue weighted by atomic mass is 10.1. The molecule has 0 aromatic carbocycles. The predicted octanol–water partition coefficient (Wildman–Crippen LogP) is 2.56. The summed E-state index contributed by atoms with van der Waals surface area (Å²) in [5.74, 6) is 0.720. The van der Waals surface area contributed by atoms with Crippen molar-refractivity contribution in [1.82, 2.24) is 15.0 Å². The van der Waals surface area contributed by atoms with Gasteiger partial charge < -0.3 is 14.2 Å². The van der Waals surface area contributed by atoms with Crippen molar-refractivity contribution >= 4 is 17.2 Å². The first-order valence-electron chi connectivity index (χ1n) is 6.86. The highest BCUT2D eigenvalue weighted by molar-refractivity contribution is 7.09. The number of likely N-dealkylation sites (tertiary alicyclic amines) is 1. The standard InChI is InChI=1S/C14H17N3O3S/c1-9-6-10(16-20-9)12-4-3-5-17(12)14(18)11-8-21-13(15-11)7-19-2/h6,8,12H,3-5,7H2,1-2H3/t12-/m0/s1. The fraction of sp³-hybridized carbons (Fsp3) is 0.500. The second-order valence-electron chi connectivity index (χ2n) is 5.08. The summed E-state index contributed by atoms with van der Waals surface area (Å²) < 4.78 is 10.2. The van der Waals surface area contributed by atoms with Gasteiger partial charge in [0.15, 0.2) is 0 Å². The van der Waals surface area contributed by atoms with Crippen molar-refractivity contribution in [2.24, 2.45) is 0 Å². The molecule has 1 saturated heterocycles. The quantitative estimate of drug-likeness (QED) is 0.868. The van der Waals surface area contributed by atoms with E-state index < -0.39 is 0 Å². The van der Waals surface area contributed by atoms with E-state index in [-0.39, 0.29) is 11.9 Å². The van der Waals surface area contributed by atoms with Crippen molar-refractivity contribution in [3.05, 3.63) is 33.6 Å². The molecule has 0 saturated carbocycles. The molecule has 2 aromatic heterocycles. The molecule has 112 valence electrons. The van der Waals surface area contributed by atoms with Gasteiger partial charge in [-0.25, -0.2) is 4.98 Å². The Bertz CT molecular complexity index is 637. The van der Waals surface area contributed by atoms with Gasteiger partial charge in [0.1, 0.15) is 22.2 Å². The van der Waals surface area contributed by atoms with E-state index in [9.17, 15) is 4.79 Å². The molecule has 1 fully saturated rings. The Kier molecular flexibility index (Phi) is 4.03. The molecular formula is C14H17N3O3S. The minimum Gasteiger partial charge on any atom is -0.378 e. The number of nitrogens with zero attached hydrogens (tertiary/aromatic N) is 3. The van der Waals surface area contributed by atoms with Crippen LogP contribution in [0.1, 0.15) is 45.8 Å². The van der Waals surface area contributed by atoms with Crippen LogP contribution in [0, 0.1) is 6.92 Å². The number of hydrogen-bond donors (Lipinski definition) is 0. The number of thiazole rings is 1. The molecule has 0 N–H and O–H groups in total. The maximum Gasteiger partial charge on any atom is 0.273 e. The highest BCUT2D eigenvalue weighted by Crippen LogP contribution is 2.32. The zero-order chi connectivity index (χ0) is 14.8. The Morgan fingerprint density at radius 3 is 3.19 bits per heavy atom. The van der Waals surface area contributed by atoms with Gasteiger partial charge in [-0.05, 0) is 19.8 Å². The van der Waals surface area contributed by atoms with E-state index in [0.29, 0.717) is 12.3 Å². The van der Waals surface area contributed by atoms with Gasteiger partial charge in [-0.15, -0.1) is 11.3 Å². The Morgan fingerprint density at radius 1 is 1.62 bits per heavy atom. The number of aryl methyl sites for hydroxylation is 1. The molecule has 0 bridgehead atoms. The number of methoxy groups -OCH3 is 1. The lowest BCUT2D eigenvalue weighted by Crippen LogP contribution is -2.31. The first-order valence-corrected chi connectivity index (χ1v) is 7.74. The van der Waals surface area contributed by atoms with Crippen LogP contribution in [0.5, 0.6) is 0 Å². The van der Waals surface area contributed by atoms with Crippen molar-refractivity contribution in [3.63, 3.8) is 0 Å². The number of carbonyl (C=O) groups excluding carboxylic acids is 1. The molecule has 21 heavy (non-hydrogen) atoms. The first kappa shape index (κ1) is 14.2. The van der Waals surface area contributed by atoms with Gasteiger partial charge in [0.2, 0.25) is 0 Å². The van der Waals surface area contributed by atoms with Crippen molar-refractivity contribution in [2.75, 3.05) is 13.7 Å². The minimum atomic E-state index is -0.0447. The third kappa shape index (κ3) is 2.84. The molecule has 1 amide bonds. The maximum absolute atomic E-state index is 12.6. The molecule has 0 unspecified atom stereocenters. The van der Waals surface area contributed by atoms with E-state index in [1.165, 1.54) is 11.3 Å².